The van der Waals surface area contributed by atoms with Crippen molar-refractivity contribution >= 4 is 40.2 Å². The van der Waals surface area contributed by atoms with Crippen molar-refractivity contribution in [2.45, 2.75) is 19.4 Å². The Hall–Kier alpha value is -0.820. The second-order valence-corrected chi connectivity index (χ2v) is 4.37. The van der Waals surface area contributed by atoms with Crippen LogP contribution in [0.1, 0.15) is 13.3 Å². The molecule has 80 valence electrons. The number of primary amides is 1. The van der Waals surface area contributed by atoms with E-state index in [1.807, 2.05) is 6.92 Å². The lowest BCUT2D eigenvalue weighted by molar-refractivity contribution is -0.140. The summed E-state index contributed by atoms with van der Waals surface area (Å²) in [5.41, 5.74) is 4.89. The van der Waals surface area contributed by atoms with Gasteiger partial charge in [-0.2, -0.15) is 0 Å². The van der Waals surface area contributed by atoms with Crippen LogP contribution in [0.3, 0.4) is 0 Å². The molecule has 14 heavy (non-hydrogen) atoms. The van der Waals surface area contributed by atoms with Gasteiger partial charge in [-0.3, -0.25) is 4.79 Å². The zero-order valence-corrected chi connectivity index (χ0v) is 9.28. The van der Waals surface area contributed by atoms with Gasteiger partial charge < -0.3 is 16.2 Å². The molecule has 1 amide bonds. The van der Waals surface area contributed by atoms with E-state index in [1.165, 1.54) is 11.8 Å². The van der Waals surface area contributed by atoms with Crippen molar-refractivity contribution in [3.05, 3.63) is 0 Å². The highest BCUT2D eigenvalue weighted by Crippen LogP contribution is 2.03. The maximum atomic E-state index is 10.6. The molecule has 0 aliphatic rings. The topological polar surface area (TPSA) is 92.4 Å². The van der Waals surface area contributed by atoms with E-state index in [-0.39, 0.29) is 6.42 Å². The Morgan fingerprint density at radius 1 is 1.64 bits per heavy atom. The van der Waals surface area contributed by atoms with E-state index < -0.39 is 17.9 Å². The van der Waals surface area contributed by atoms with Gasteiger partial charge in [-0.25, -0.2) is 4.79 Å². The third-order valence-electron chi connectivity index (χ3n) is 1.27. The van der Waals surface area contributed by atoms with Crippen LogP contribution >= 0.6 is 24.0 Å². The first-order valence-electron chi connectivity index (χ1n) is 3.91. The Bertz CT molecular complexity index is 245. The molecule has 0 aliphatic carbocycles. The van der Waals surface area contributed by atoms with E-state index in [9.17, 15) is 9.59 Å². The molecule has 0 saturated heterocycles. The molecule has 0 fully saturated rings. The second-order valence-electron chi connectivity index (χ2n) is 2.43. The summed E-state index contributed by atoms with van der Waals surface area (Å²) < 4.78 is 0.362. The highest BCUT2D eigenvalue weighted by atomic mass is 32.2. The number of amides is 1. The van der Waals surface area contributed by atoms with Crippen molar-refractivity contribution < 1.29 is 14.7 Å². The number of nitrogens with two attached hydrogens (primary N) is 1. The fourth-order valence-corrected chi connectivity index (χ4v) is 1.70. The number of rotatable bonds is 5. The Kier molecular flexibility index (Phi) is 6.22. The molecule has 0 aromatic heterocycles. The van der Waals surface area contributed by atoms with Gasteiger partial charge >= 0.3 is 5.97 Å². The Labute approximate surface area is 91.4 Å². The SMILES string of the molecule is CCSC(=S)N[C@@H](CC(N)=O)C(=O)O. The predicted octanol–water partition coefficient (Wildman–Crippen LogP) is -0.0574. The van der Waals surface area contributed by atoms with Crippen molar-refractivity contribution in [3.63, 3.8) is 0 Å². The molecule has 0 spiro atoms. The van der Waals surface area contributed by atoms with E-state index in [0.29, 0.717) is 4.32 Å². The Morgan fingerprint density at radius 3 is 2.57 bits per heavy atom. The quantitative estimate of drug-likeness (QED) is 0.579. The lowest BCUT2D eigenvalue weighted by Gasteiger charge is -2.13. The first-order chi connectivity index (χ1) is 6.47. The summed E-state index contributed by atoms with van der Waals surface area (Å²) in [5.74, 6) is -1.06. The third-order valence-corrected chi connectivity index (χ3v) is 2.41. The molecule has 0 aromatic rings. The van der Waals surface area contributed by atoms with Crippen molar-refractivity contribution in [1.82, 2.24) is 5.32 Å². The minimum atomic E-state index is -1.14. The van der Waals surface area contributed by atoms with Crippen LogP contribution in [0.15, 0.2) is 0 Å². The zero-order valence-electron chi connectivity index (χ0n) is 7.65. The molecule has 7 heteroatoms. The standard InChI is InChI=1S/C7H12N2O3S2/c1-2-14-7(13)9-4(6(11)12)3-5(8)10/h4H,2-3H2,1H3,(H2,8,10)(H,9,13)(H,11,12)/t4-/m0/s1. The van der Waals surface area contributed by atoms with Gasteiger partial charge in [-0.05, 0) is 5.75 Å². The molecule has 0 bridgehead atoms. The van der Waals surface area contributed by atoms with Gasteiger partial charge in [0.2, 0.25) is 5.91 Å². The molecule has 4 N–H and O–H groups in total. The lowest BCUT2D eigenvalue weighted by atomic mass is 10.2. The molecule has 0 aliphatic heterocycles. The summed E-state index contributed by atoms with van der Waals surface area (Å²) in [7, 11) is 0. The van der Waals surface area contributed by atoms with E-state index in [1.54, 1.807) is 0 Å². The number of thiocarbonyl (C=S) groups is 1. The fourth-order valence-electron chi connectivity index (χ4n) is 0.716. The number of thioether (sulfide) groups is 1. The number of carboxylic acids is 1. The van der Waals surface area contributed by atoms with Crippen LogP contribution in [0.25, 0.3) is 0 Å². The normalized spacial score (nSPS) is 11.8. The number of hydrogen-bond acceptors (Lipinski definition) is 4. The van der Waals surface area contributed by atoms with Crippen LogP contribution in [0.2, 0.25) is 0 Å². The average Bonchev–Trinajstić information content (AvgIpc) is 2.02. The summed E-state index contributed by atoms with van der Waals surface area (Å²) in [6.07, 6.45) is -0.264. The first kappa shape index (κ1) is 13.2. The number of nitrogens with one attached hydrogen (secondary N) is 1. The van der Waals surface area contributed by atoms with E-state index in [0.717, 1.165) is 5.75 Å². The van der Waals surface area contributed by atoms with Crippen molar-refractivity contribution in [2.24, 2.45) is 5.73 Å². The fraction of sp³-hybridized carbons (Fsp3) is 0.571. The molecule has 0 heterocycles. The maximum absolute atomic E-state index is 10.6. The molecule has 0 rings (SSSR count). The molecule has 0 aromatic carbocycles. The van der Waals surface area contributed by atoms with Crippen LogP contribution in [0.5, 0.6) is 0 Å². The van der Waals surface area contributed by atoms with E-state index >= 15 is 0 Å². The molecule has 0 saturated carbocycles. The van der Waals surface area contributed by atoms with Crippen LogP contribution in [-0.4, -0.2) is 33.1 Å². The van der Waals surface area contributed by atoms with Crippen molar-refractivity contribution in [1.29, 1.82) is 0 Å². The monoisotopic (exact) mass is 236 g/mol. The van der Waals surface area contributed by atoms with Crippen molar-refractivity contribution in [2.75, 3.05) is 5.75 Å². The number of carbonyl (C=O) groups is 2. The van der Waals surface area contributed by atoms with Gasteiger partial charge in [-0.15, -0.1) is 0 Å². The first-order valence-corrected chi connectivity index (χ1v) is 5.31. The van der Waals surface area contributed by atoms with Gasteiger partial charge in [0.1, 0.15) is 10.4 Å². The summed E-state index contributed by atoms with van der Waals surface area (Å²) in [6, 6.07) is -1.03. The van der Waals surface area contributed by atoms with Gasteiger partial charge in [-0.1, -0.05) is 30.9 Å². The highest BCUT2D eigenvalue weighted by Gasteiger charge is 2.20. The summed E-state index contributed by atoms with van der Waals surface area (Å²) in [4.78, 5) is 21.2. The minimum Gasteiger partial charge on any atom is -0.480 e. The molecule has 0 radical (unpaired) electrons. The van der Waals surface area contributed by atoms with Gasteiger partial charge in [0.25, 0.3) is 0 Å². The second kappa shape index (κ2) is 6.61. The van der Waals surface area contributed by atoms with E-state index in [2.05, 4.69) is 5.32 Å². The van der Waals surface area contributed by atoms with Crippen LogP contribution in [0.4, 0.5) is 0 Å². The maximum Gasteiger partial charge on any atom is 0.326 e. The molecule has 1 atom stereocenters. The average molecular weight is 236 g/mol. The van der Waals surface area contributed by atoms with Crippen LogP contribution in [-0.2, 0) is 9.59 Å². The summed E-state index contributed by atoms with van der Waals surface area (Å²) in [5, 5.41) is 11.2. The van der Waals surface area contributed by atoms with Gasteiger partial charge in [0.15, 0.2) is 0 Å². The lowest BCUT2D eigenvalue weighted by Crippen LogP contribution is -2.41. The smallest absolute Gasteiger partial charge is 0.326 e. The van der Waals surface area contributed by atoms with Crippen molar-refractivity contribution in [3.8, 4) is 0 Å². The number of carbonyl (C=O) groups excluding carboxylic acids is 1. The summed E-state index contributed by atoms with van der Waals surface area (Å²) >= 11 is 6.15. The molecule has 5 nitrogen and oxygen atoms in total. The van der Waals surface area contributed by atoms with Gasteiger partial charge in [0, 0.05) is 0 Å². The Balaban J connectivity index is 4.16. The number of aliphatic carboxylic acids is 1. The zero-order chi connectivity index (χ0) is 11.1. The molecule has 0 unspecified atom stereocenters. The predicted molar refractivity (Wildman–Crippen MR) is 59.1 cm³/mol. The van der Waals surface area contributed by atoms with Crippen LogP contribution in [0, 0.1) is 0 Å². The minimum absolute atomic E-state index is 0.264. The molecular formula is C7H12N2O3S2. The largest absolute Gasteiger partial charge is 0.480 e. The number of carboxylic acid groups (broad SMARTS) is 1. The van der Waals surface area contributed by atoms with E-state index in [4.69, 9.17) is 23.1 Å². The molecular weight excluding hydrogens is 224 g/mol. The Morgan fingerprint density at radius 2 is 2.21 bits per heavy atom. The third kappa shape index (κ3) is 5.76. The summed E-state index contributed by atoms with van der Waals surface area (Å²) in [6.45, 7) is 1.89. The highest BCUT2D eigenvalue weighted by molar-refractivity contribution is 8.22. The van der Waals surface area contributed by atoms with Gasteiger partial charge in [0.05, 0.1) is 6.42 Å². The number of hydrogen-bond donors (Lipinski definition) is 3. The van der Waals surface area contributed by atoms with Crippen LogP contribution < -0.4 is 11.1 Å².